The molecule has 5 rings (SSSR count). The van der Waals surface area contributed by atoms with E-state index < -0.39 is 5.63 Å². The average molecular weight is 452 g/mol. The zero-order valence-electron chi connectivity index (χ0n) is 18.1. The summed E-state index contributed by atoms with van der Waals surface area (Å²) >= 11 is 0. The molecule has 0 amide bonds. The van der Waals surface area contributed by atoms with Crippen molar-refractivity contribution >= 4 is 21.9 Å². The summed E-state index contributed by atoms with van der Waals surface area (Å²) in [6.07, 6.45) is 2.84. The van der Waals surface area contributed by atoms with E-state index in [2.05, 4.69) is 10.1 Å². The van der Waals surface area contributed by atoms with Crippen LogP contribution in [-0.4, -0.2) is 41.4 Å². The molecule has 0 spiro atoms. The fourth-order valence-corrected chi connectivity index (χ4v) is 4.56. The van der Waals surface area contributed by atoms with Crippen LogP contribution >= 0.6 is 0 Å². The molecule has 8 heteroatoms. The SMILES string of the molecule is O=c1cc(CO)c2ccc(OCCCN3CCC(c4noc5cc(F)ccc45)CC3)cc2o1. The highest BCUT2D eigenvalue weighted by Crippen LogP contribution is 2.32. The van der Waals surface area contributed by atoms with Gasteiger partial charge in [-0.3, -0.25) is 0 Å². The summed E-state index contributed by atoms with van der Waals surface area (Å²) in [5.74, 6) is 0.638. The van der Waals surface area contributed by atoms with Gasteiger partial charge in [-0.2, -0.15) is 0 Å². The molecule has 1 saturated heterocycles. The van der Waals surface area contributed by atoms with Crippen LogP contribution in [0.1, 0.15) is 36.4 Å². The standard InChI is InChI=1S/C25H25FN2O5/c26-18-2-4-21-23(13-18)33-27-25(21)16-6-9-28(10-7-16)8-1-11-31-19-3-5-20-17(15-29)12-24(30)32-22(20)14-19/h2-5,12-14,16,29H,1,6-11,15H2. The summed E-state index contributed by atoms with van der Waals surface area (Å²) in [6, 6.07) is 11.2. The summed E-state index contributed by atoms with van der Waals surface area (Å²) < 4.78 is 29.8. The van der Waals surface area contributed by atoms with Crippen molar-refractivity contribution in [1.82, 2.24) is 10.1 Å². The van der Waals surface area contributed by atoms with Gasteiger partial charge in [0.15, 0.2) is 5.58 Å². The third-order valence-electron chi connectivity index (χ3n) is 6.30. The van der Waals surface area contributed by atoms with Crippen LogP contribution in [0.15, 0.2) is 56.2 Å². The Labute approximate surface area is 189 Å². The van der Waals surface area contributed by atoms with Crippen molar-refractivity contribution in [3.8, 4) is 5.75 Å². The molecule has 1 aliphatic heterocycles. The van der Waals surface area contributed by atoms with Gasteiger partial charge >= 0.3 is 5.63 Å². The monoisotopic (exact) mass is 452 g/mol. The highest BCUT2D eigenvalue weighted by atomic mass is 19.1. The molecule has 0 bridgehead atoms. The number of fused-ring (bicyclic) bond motifs is 2. The van der Waals surface area contributed by atoms with E-state index in [1.54, 1.807) is 18.2 Å². The second-order valence-electron chi connectivity index (χ2n) is 8.43. The van der Waals surface area contributed by atoms with Gasteiger partial charge < -0.3 is 23.7 Å². The van der Waals surface area contributed by atoms with Crippen LogP contribution in [-0.2, 0) is 6.61 Å². The smallest absolute Gasteiger partial charge is 0.336 e. The number of hydrogen-bond acceptors (Lipinski definition) is 7. The quantitative estimate of drug-likeness (QED) is 0.332. The molecule has 0 saturated carbocycles. The number of halogens is 1. The first kappa shape index (κ1) is 21.6. The third kappa shape index (κ3) is 4.62. The lowest BCUT2D eigenvalue weighted by atomic mass is 9.91. The maximum atomic E-state index is 13.4. The molecule has 3 heterocycles. The molecule has 0 radical (unpaired) electrons. The fourth-order valence-electron chi connectivity index (χ4n) is 4.56. The summed E-state index contributed by atoms with van der Waals surface area (Å²) in [5.41, 5.74) is 1.90. The van der Waals surface area contributed by atoms with Crippen molar-refractivity contribution in [2.75, 3.05) is 26.2 Å². The molecule has 4 aromatic rings. The fraction of sp³-hybridized carbons (Fsp3) is 0.360. The minimum absolute atomic E-state index is 0.218. The lowest BCUT2D eigenvalue weighted by molar-refractivity contribution is 0.191. The van der Waals surface area contributed by atoms with Gasteiger partial charge in [0, 0.05) is 41.4 Å². The van der Waals surface area contributed by atoms with Crippen molar-refractivity contribution in [3.05, 3.63) is 70.0 Å². The molecule has 33 heavy (non-hydrogen) atoms. The maximum Gasteiger partial charge on any atom is 0.336 e. The number of piperidine rings is 1. The molecule has 172 valence electrons. The zero-order valence-corrected chi connectivity index (χ0v) is 18.1. The number of aromatic nitrogens is 1. The lowest BCUT2D eigenvalue weighted by Crippen LogP contribution is -2.34. The zero-order chi connectivity index (χ0) is 22.8. The van der Waals surface area contributed by atoms with Gasteiger partial charge in [0.2, 0.25) is 0 Å². The molecule has 1 aliphatic rings. The molecule has 0 unspecified atom stereocenters. The Morgan fingerprint density at radius 2 is 1.91 bits per heavy atom. The minimum atomic E-state index is -0.488. The molecular weight excluding hydrogens is 427 g/mol. The maximum absolute atomic E-state index is 13.4. The Bertz CT molecular complexity index is 1320. The van der Waals surface area contributed by atoms with Crippen molar-refractivity contribution < 1.29 is 23.2 Å². The Kier molecular flexibility index (Phi) is 6.11. The van der Waals surface area contributed by atoms with Gasteiger partial charge in [-0.15, -0.1) is 0 Å². The van der Waals surface area contributed by atoms with Crippen molar-refractivity contribution in [2.24, 2.45) is 0 Å². The van der Waals surface area contributed by atoms with Gasteiger partial charge in [-0.1, -0.05) is 5.16 Å². The van der Waals surface area contributed by atoms with Crippen LogP contribution in [0.5, 0.6) is 5.75 Å². The largest absolute Gasteiger partial charge is 0.493 e. The molecule has 2 aromatic carbocycles. The van der Waals surface area contributed by atoms with Gasteiger partial charge in [-0.25, -0.2) is 9.18 Å². The van der Waals surface area contributed by atoms with E-state index >= 15 is 0 Å². The molecule has 7 nitrogen and oxygen atoms in total. The summed E-state index contributed by atoms with van der Waals surface area (Å²) in [4.78, 5) is 14.0. The van der Waals surface area contributed by atoms with E-state index in [0.717, 1.165) is 50.0 Å². The normalized spacial score (nSPS) is 15.5. The Morgan fingerprint density at radius 1 is 1.09 bits per heavy atom. The molecule has 1 N–H and O–H groups in total. The van der Waals surface area contributed by atoms with E-state index in [1.165, 1.54) is 18.2 Å². The third-order valence-corrected chi connectivity index (χ3v) is 6.30. The van der Waals surface area contributed by atoms with Gasteiger partial charge in [-0.05, 0) is 62.2 Å². The minimum Gasteiger partial charge on any atom is -0.493 e. The topological polar surface area (TPSA) is 88.9 Å². The van der Waals surface area contributed by atoms with Crippen LogP contribution in [0.25, 0.3) is 21.9 Å². The first-order chi connectivity index (χ1) is 16.1. The highest BCUT2D eigenvalue weighted by Gasteiger charge is 2.25. The first-order valence-corrected chi connectivity index (χ1v) is 11.2. The molecule has 0 atom stereocenters. The van der Waals surface area contributed by atoms with Gasteiger partial charge in [0.1, 0.15) is 17.1 Å². The van der Waals surface area contributed by atoms with Gasteiger partial charge in [0.05, 0.1) is 18.9 Å². The number of benzene rings is 2. The highest BCUT2D eigenvalue weighted by molar-refractivity contribution is 5.81. The average Bonchev–Trinajstić information content (AvgIpc) is 3.24. The van der Waals surface area contributed by atoms with Gasteiger partial charge in [0.25, 0.3) is 0 Å². The van der Waals surface area contributed by atoms with Crippen LogP contribution in [0.3, 0.4) is 0 Å². The molecule has 1 fully saturated rings. The number of nitrogens with zero attached hydrogens (tertiary/aromatic N) is 2. The molecular formula is C25H25FN2O5. The van der Waals surface area contributed by atoms with E-state index in [4.69, 9.17) is 13.7 Å². The number of ether oxygens (including phenoxy) is 1. The van der Waals surface area contributed by atoms with Crippen LogP contribution in [0, 0.1) is 5.82 Å². The van der Waals surface area contributed by atoms with Crippen molar-refractivity contribution in [2.45, 2.75) is 31.8 Å². The predicted octanol–water partition coefficient (Wildman–Crippen LogP) is 4.21. The summed E-state index contributed by atoms with van der Waals surface area (Å²) in [7, 11) is 0. The van der Waals surface area contributed by atoms with Crippen molar-refractivity contribution in [3.63, 3.8) is 0 Å². The van der Waals surface area contributed by atoms with Crippen molar-refractivity contribution in [1.29, 1.82) is 0 Å². The number of rotatable bonds is 7. The number of aliphatic hydroxyl groups excluding tert-OH is 1. The number of aliphatic hydroxyl groups is 1. The Hall–Kier alpha value is -3.23. The molecule has 2 aromatic heterocycles. The summed E-state index contributed by atoms with van der Waals surface area (Å²) in [6.45, 7) is 3.19. The molecule has 0 aliphatic carbocycles. The lowest BCUT2D eigenvalue weighted by Gasteiger charge is -2.31. The van der Waals surface area contributed by atoms with E-state index in [0.29, 0.717) is 40.4 Å². The predicted molar refractivity (Wildman–Crippen MR) is 121 cm³/mol. The van der Waals surface area contributed by atoms with E-state index in [9.17, 15) is 14.3 Å². The first-order valence-electron chi connectivity index (χ1n) is 11.2. The number of hydrogen-bond donors (Lipinski definition) is 1. The summed E-state index contributed by atoms with van der Waals surface area (Å²) in [5, 5.41) is 15.2. The second kappa shape index (κ2) is 9.33. The second-order valence-corrected chi connectivity index (χ2v) is 8.43. The van der Waals surface area contributed by atoms with Crippen LogP contribution < -0.4 is 10.4 Å². The van der Waals surface area contributed by atoms with E-state index in [-0.39, 0.29) is 12.4 Å². The van der Waals surface area contributed by atoms with Crippen LogP contribution in [0.4, 0.5) is 4.39 Å². The van der Waals surface area contributed by atoms with Crippen LogP contribution in [0.2, 0.25) is 0 Å². The van der Waals surface area contributed by atoms with E-state index in [1.807, 2.05) is 6.07 Å². The Morgan fingerprint density at radius 3 is 2.73 bits per heavy atom. The number of likely N-dealkylation sites (tertiary alicyclic amines) is 1. The Balaban J connectivity index is 1.11.